The summed E-state index contributed by atoms with van der Waals surface area (Å²) < 4.78 is 0. The molecule has 0 amide bonds. The van der Waals surface area contributed by atoms with Gasteiger partial charge in [0.05, 0.1) is 22.5 Å². The average molecular weight is 272 g/mol. The number of nitrogens with zero attached hydrogens (tertiary/aromatic N) is 1. The second-order valence-electron chi connectivity index (χ2n) is 6.76. The molecule has 4 heteroatoms. The van der Waals surface area contributed by atoms with Gasteiger partial charge in [-0.05, 0) is 58.8 Å². The van der Waals surface area contributed by atoms with E-state index in [1.54, 1.807) is 0 Å². The molecule has 108 valence electrons. The molecule has 1 fully saturated rings. The van der Waals surface area contributed by atoms with Crippen molar-refractivity contribution in [1.29, 1.82) is 0 Å². The fraction of sp³-hybridized carbons (Fsp3) is 0.562. The maximum Gasteiger partial charge on any atom is 0.127 e. The maximum absolute atomic E-state index is 4.96. The zero-order chi connectivity index (χ0) is 14.2. The molecule has 3 N–H and O–H groups in total. The Kier molecular flexibility index (Phi) is 3.21. The summed E-state index contributed by atoms with van der Waals surface area (Å²) in [7, 11) is 0. The number of para-hydroxylation sites is 2. The molecule has 1 aromatic carbocycles. The first-order chi connectivity index (χ1) is 9.49. The first-order valence-electron chi connectivity index (χ1n) is 7.44. The molecule has 2 aliphatic rings. The number of amidine groups is 1. The van der Waals surface area contributed by atoms with Crippen LogP contribution >= 0.6 is 0 Å². The molecular weight excluding hydrogens is 248 g/mol. The summed E-state index contributed by atoms with van der Waals surface area (Å²) in [6.45, 7) is 8.50. The predicted octanol–water partition coefficient (Wildman–Crippen LogP) is 2.84. The number of hydrogen-bond donors (Lipinski definition) is 3. The summed E-state index contributed by atoms with van der Waals surface area (Å²) in [6.07, 6.45) is 2.12. The van der Waals surface area contributed by atoms with Gasteiger partial charge in [0.1, 0.15) is 5.84 Å². The Hall–Kier alpha value is -1.55. The lowest BCUT2D eigenvalue weighted by atomic mass is 9.84. The van der Waals surface area contributed by atoms with Gasteiger partial charge in [-0.3, -0.25) is 4.99 Å². The van der Waals surface area contributed by atoms with Crippen LogP contribution in [0.3, 0.4) is 0 Å². The topological polar surface area (TPSA) is 48.5 Å². The van der Waals surface area contributed by atoms with Gasteiger partial charge in [-0.25, -0.2) is 0 Å². The molecule has 0 bridgehead atoms. The molecule has 0 saturated carbocycles. The molecule has 20 heavy (non-hydrogen) atoms. The summed E-state index contributed by atoms with van der Waals surface area (Å²) >= 11 is 0. The van der Waals surface area contributed by atoms with Gasteiger partial charge >= 0.3 is 0 Å². The van der Waals surface area contributed by atoms with Gasteiger partial charge < -0.3 is 16.0 Å². The highest BCUT2D eigenvalue weighted by Crippen LogP contribution is 2.36. The third-order valence-electron chi connectivity index (χ3n) is 3.91. The third-order valence-corrected chi connectivity index (χ3v) is 3.91. The van der Waals surface area contributed by atoms with Crippen molar-refractivity contribution >= 4 is 17.2 Å². The quantitative estimate of drug-likeness (QED) is 0.680. The van der Waals surface area contributed by atoms with E-state index in [1.807, 2.05) is 0 Å². The minimum atomic E-state index is -0.0752. The van der Waals surface area contributed by atoms with Crippen LogP contribution in [0.4, 0.5) is 11.4 Å². The van der Waals surface area contributed by atoms with Gasteiger partial charge in [-0.15, -0.1) is 0 Å². The summed E-state index contributed by atoms with van der Waals surface area (Å²) in [4.78, 5) is 4.96. The Balaban J connectivity index is 2.03. The van der Waals surface area contributed by atoms with Gasteiger partial charge in [0.15, 0.2) is 0 Å². The minimum absolute atomic E-state index is 0.0487. The second kappa shape index (κ2) is 4.77. The van der Waals surface area contributed by atoms with Crippen molar-refractivity contribution in [3.05, 3.63) is 24.3 Å². The molecule has 0 aromatic heterocycles. The van der Waals surface area contributed by atoms with Crippen molar-refractivity contribution in [2.45, 2.75) is 44.7 Å². The number of hydrogen-bond acceptors (Lipinski definition) is 3. The Morgan fingerprint density at radius 2 is 1.70 bits per heavy atom. The summed E-state index contributed by atoms with van der Waals surface area (Å²) in [5, 5.41) is 10.8. The van der Waals surface area contributed by atoms with Crippen molar-refractivity contribution in [1.82, 2.24) is 5.32 Å². The zero-order valence-electron chi connectivity index (χ0n) is 12.6. The highest BCUT2D eigenvalue weighted by molar-refractivity contribution is 6.09. The van der Waals surface area contributed by atoms with E-state index in [9.17, 15) is 0 Å². The third kappa shape index (κ3) is 2.52. The normalized spacial score (nSPS) is 23.1. The van der Waals surface area contributed by atoms with E-state index in [0.29, 0.717) is 0 Å². The molecule has 2 aliphatic heterocycles. The van der Waals surface area contributed by atoms with Gasteiger partial charge in [-0.1, -0.05) is 12.1 Å². The Labute approximate surface area is 121 Å². The molecule has 0 radical (unpaired) electrons. The molecule has 1 spiro atoms. The van der Waals surface area contributed by atoms with Crippen LogP contribution in [0.15, 0.2) is 29.3 Å². The van der Waals surface area contributed by atoms with Crippen LogP contribution in [0.25, 0.3) is 0 Å². The zero-order valence-corrected chi connectivity index (χ0v) is 12.6. The Morgan fingerprint density at radius 1 is 1.05 bits per heavy atom. The standard InChI is InChI=1S/C16H24N4/c1-15(2,3)20-14-16(8-10-17-11-9-16)19-13-7-5-4-6-12(13)18-14/h4-7,17,19H,8-11H2,1-3H3,(H,18,20). The summed E-state index contributed by atoms with van der Waals surface area (Å²) in [5.41, 5.74) is 2.18. The van der Waals surface area contributed by atoms with E-state index in [1.165, 1.54) is 5.69 Å². The highest BCUT2D eigenvalue weighted by atomic mass is 15.2. The van der Waals surface area contributed by atoms with Crippen LogP contribution in [-0.4, -0.2) is 30.0 Å². The average Bonchev–Trinajstić information content (AvgIpc) is 2.39. The molecular formula is C16H24N4. The first-order valence-corrected chi connectivity index (χ1v) is 7.44. The van der Waals surface area contributed by atoms with Gasteiger partial charge in [0.2, 0.25) is 0 Å². The summed E-state index contributed by atoms with van der Waals surface area (Å²) in [6, 6.07) is 8.38. The van der Waals surface area contributed by atoms with Crippen LogP contribution in [0.2, 0.25) is 0 Å². The number of nitrogens with one attached hydrogen (secondary N) is 3. The van der Waals surface area contributed by atoms with E-state index < -0.39 is 0 Å². The van der Waals surface area contributed by atoms with Crippen LogP contribution in [-0.2, 0) is 0 Å². The minimum Gasteiger partial charge on any atom is -0.371 e. The predicted molar refractivity (Wildman–Crippen MR) is 85.7 cm³/mol. The maximum atomic E-state index is 4.96. The molecule has 1 saturated heterocycles. The van der Waals surface area contributed by atoms with Crippen molar-refractivity contribution in [3.8, 4) is 0 Å². The fourth-order valence-corrected chi connectivity index (χ4v) is 2.95. The van der Waals surface area contributed by atoms with Crippen LogP contribution in [0.1, 0.15) is 33.6 Å². The van der Waals surface area contributed by atoms with E-state index in [2.05, 4.69) is 61.0 Å². The largest absolute Gasteiger partial charge is 0.371 e. The molecule has 3 rings (SSSR count). The Morgan fingerprint density at radius 3 is 2.35 bits per heavy atom. The molecule has 0 unspecified atom stereocenters. The van der Waals surface area contributed by atoms with Crippen LogP contribution in [0.5, 0.6) is 0 Å². The summed E-state index contributed by atoms with van der Waals surface area (Å²) in [5.74, 6) is 1.09. The van der Waals surface area contributed by atoms with E-state index >= 15 is 0 Å². The SMILES string of the molecule is CC(C)(C)N=C1Nc2ccccc2NC12CCNCC2. The fourth-order valence-electron chi connectivity index (χ4n) is 2.95. The number of fused-ring (bicyclic) bond motifs is 1. The van der Waals surface area contributed by atoms with Crippen LogP contribution in [0, 0.1) is 0 Å². The van der Waals surface area contributed by atoms with E-state index in [-0.39, 0.29) is 11.1 Å². The number of aliphatic imine (C=N–C) groups is 1. The van der Waals surface area contributed by atoms with Gasteiger partial charge in [0.25, 0.3) is 0 Å². The van der Waals surface area contributed by atoms with Crippen molar-refractivity contribution in [2.24, 2.45) is 4.99 Å². The lowest BCUT2D eigenvalue weighted by Crippen LogP contribution is -2.58. The van der Waals surface area contributed by atoms with Crippen LogP contribution < -0.4 is 16.0 Å². The van der Waals surface area contributed by atoms with Gasteiger partial charge in [0, 0.05) is 0 Å². The van der Waals surface area contributed by atoms with Crippen molar-refractivity contribution < 1.29 is 0 Å². The lowest BCUT2D eigenvalue weighted by Gasteiger charge is -2.44. The molecule has 2 heterocycles. The lowest BCUT2D eigenvalue weighted by molar-refractivity contribution is 0.415. The van der Waals surface area contributed by atoms with Crippen molar-refractivity contribution in [3.63, 3.8) is 0 Å². The molecule has 4 nitrogen and oxygen atoms in total. The first kappa shape index (κ1) is 13.4. The second-order valence-corrected chi connectivity index (χ2v) is 6.76. The van der Waals surface area contributed by atoms with E-state index in [4.69, 9.17) is 4.99 Å². The number of piperidine rings is 1. The monoisotopic (exact) mass is 272 g/mol. The number of rotatable bonds is 0. The molecule has 1 aromatic rings. The number of benzene rings is 1. The molecule has 0 aliphatic carbocycles. The molecule has 0 atom stereocenters. The highest BCUT2D eigenvalue weighted by Gasteiger charge is 2.41. The van der Waals surface area contributed by atoms with Crippen molar-refractivity contribution in [2.75, 3.05) is 23.7 Å². The van der Waals surface area contributed by atoms with Gasteiger partial charge in [-0.2, -0.15) is 0 Å². The number of anilines is 2. The van der Waals surface area contributed by atoms with E-state index in [0.717, 1.165) is 37.5 Å². The smallest absolute Gasteiger partial charge is 0.127 e. The Bertz CT molecular complexity index is 522.